The average Bonchev–Trinajstić information content (AvgIpc) is 2.75. The van der Waals surface area contributed by atoms with Crippen LogP contribution in [0.2, 0.25) is 0 Å². The van der Waals surface area contributed by atoms with Gasteiger partial charge in [0.2, 0.25) is 0 Å². The Balaban J connectivity index is 1.91. The van der Waals surface area contributed by atoms with E-state index in [0.717, 1.165) is 31.7 Å². The summed E-state index contributed by atoms with van der Waals surface area (Å²) in [5.74, 6) is 0. The van der Waals surface area contributed by atoms with E-state index < -0.39 is 0 Å². The van der Waals surface area contributed by atoms with Crippen molar-refractivity contribution in [1.29, 1.82) is 0 Å². The summed E-state index contributed by atoms with van der Waals surface area (Å²) in [6, 6.07) is 1.98. The second-order valence-corrected chi connectivity index (χ2v) is 3.50. The van der Waals surface area contributed by atoms with E-state index in [4.69, 9.17) is 12.2 Å². The highest BCUT2D eigenvalue weighted by Crippen LogP contribution is 1.90. The van der Waals surface area contributed by atoms with Gasteiger partial charge < -0.3 is 16.0 Å². The minimum absolute atomic E-state index is 0.686. The van der Waals surface area contributed by atoms with E-state index in [1.54, 1.807) is 13.2 Å². The van der Waals surface area contributed by atoms with Crippen LogP contribution in [0.4, 0.5) is 0 Å². The van der Waals surface area contributed by atoms with Crippen molar-refractivity contribution in [2.45, 2.75) is 6.42 Å². The maximum atomic E-state index is 4.93. The molecule has 15 heavy (non-hydrogen) atoms. The Morgan fingerprint density at radius 3 is 3.00 bits per heavy atom. The monoisotopic (exact) mass is 227 g/mol. The van der Waals surface area contributed by atoms with Gasteiger partial charge in [0, 0.05) is 45.0 Å². The van der Waals surface area contributed by atoms with Gasteiger partial charge in [-0.2, -0.15) is 5.10 Å². The molecular formula is C9H17N5S. The van der Waals surface area contributed by atoms with Crippen molar-refractivity contribution in [1.82, 2.24) is 26.1 Å². The van der Waals surface area contributed by atoms with Gasteiger partial charge in [-0.1, -0.05) is 0 Å². The number of hydrogen-bond donors (Lipinski definition) is 4. The Hall–Kier alpha value is -1.14. The smallest absolute Gasteiger partial charge is 0.166 e. The summed E-state index contributed by atoms with van der Waals surface area (Å²) in [5, 5.41) is 16.7. The summed E-state index contributed by atoms with van der Waals surface area (Å²) in [7, 11) is 1.81. The van der Waals surface area contributed by atoms with E-state index >= 15 is 0 Å². The van der Waals surface area contributed by atoms with Crippen molar-refractivity contribution >= 4 is 17.3 Å². The van der Waals surface area contributed by atoms with Crippen molar-refractivity contribution in [3.8, 4) is 0 Å². The van der Waals surface area contributed by atoms with Crippen molar-refractivity contribution in [2.75, 3.05) is 26.7 Å². The number of H-pyrrole nitrogens is 1. The lowest BCUT2D eigenvalue weighted by Gasteiger charge is -2.07. The number of hydrogen-bond acceptors (Lipinski definition) is 3. The third-order valence-electron chi connectivity index (χ3n) is 1.94. The van der Waals surface area contributed by atoms with E-state index in [2.05, 4.69) is 26.1 Å². The zero-order valence-corrected chi connectivity index (χ0v) is 9.66. The first kappa shape index (κ1) is 11.9. The predicted molar refractivity (Wildman–Crippen MR) is 64.8 cm³/mol. The van der Waals surface area contributed by atoms with Gasteiger partial charge in [-0.3, -0.25) is 5.10 Å². The predicted octanol–water partition coefficient (Wildman–Crippen LogP) is -0.364. The van der Waals surface area contributed by atoms with Gasteiger partial charge >= 0.3 is 0 Å². The second kappa shape index (κ2) is 7.19. The Labute approximate surface area is 95.0 Å². The molecule has 1 aromatic rings. The molecule has 84 valence electrons. The molecule has 0 amide bonds. The molecule has 0 bridgehead atoms. The highest BCUT2D eigenvalue weighted by Gasteiger charge is 1.93. The molecule has 0 radical (unpaired) electrons. The summed E-state index contributed by atoms with van der Waals surface area (Å²) < 4.78 is 0. The van der Waals surface area contributed by atoms with Crippen LogP contribution in [0.1, 0.15) is 5.69 Å². The topological polar surface area (TPSA) is 64.8 Å². The largest absolute Gasteiger partial charge is 0.366 e. The first-order valence-electron chi connectivity index (χ1n) is 4.97. The minimum atomic E-state index is 0.686. The molecule has 0 aliphatic carbocycles. The molecule has 0 aliphatic rings. The zero-order chi connectivity index (χ0) is 10.9. The van der Waals surface area contributed by atoms with Gasteiger partial charge in [0.05, 0.1) is 0 Å². The molecule has 0 saturated heterocycles. The lowest BCUT2D eigenvalue weighted by molar-refractivity contribution is 0.661. The molecule has 1 rings (SSSR count). The van der Waals surface area contributed by atoms with Crippen LogP contribution >= 0.6 is 12.2 Å². The van der Waals surface area contributed by atoms with E-state index in [-0.39, 0.29) is 0 Å². The minimum Gasteiger partial charge on any atom is -0.366 e. The number of nitrogens with one attached hydrogen (secondary N) is 4. The molecular weight excluding hydrogens is 210 g/mol. The molecule has 4 N–H and O–H groups in total. The summed E-state index contributed by atoms with van der Waals surface area (Å²) in [5.41, 5.74) is 1.15. The third-order valence-corrected chi connectivity index (χ3v) is 2.29. The normalized spacial score (nSPS) is 9.93. The summed E-state index contributed by atoms with van der Waals surface area (Å²) in [4.78, 5) is 0. The van der Waals surface area contributed by atoms with Crippen LogP contribution in [-0.2, 0) is 6.42 Å². The quantitative estimate of drug-likeness (QED) is 0.395. The zero-order valence-electron chi connectivity index (χ0n) is 8.84. The number of rotatable bonds is 6. The molecule has 1 heterocycles. The van der Waals surface area contributed by atoms with Crippen LogP contribution in [0.25, 0.3) is 0 Å². The van der Waals surface area contributed by atoms with Crippen LogP contribution in [0.3, 0.4) is 0 Å². The Kier molecular flexibility index (Phi) is 5.72. The summed E-state index contributed by atoms with van der Waals surface area (Å²) >= 11 is 4.93. The molecule has 5 nitrogen and oxygen atoms in total. The van der Waals surface area contributed by atoms with Crippen LogP contribution in [0.5, 0.6) is 0 Å². The molecule has 0 saturated carbocycles. The lowest BCUT2D eigenvalue weighted by Crippen LogP contribution is -2.37. The molecule has 0 fully saturated rings. The summed E-state index contributed by atoms with van der Waals surface area (Å²) in [6.45, 7) is 2.68. The molecule has 1 aromatic heterocycles. The molecule has 0 atom stereocenters. The number of nitrogens with zero attached hydrogens (tertiary/aromatic N) is 1. The second-order valence-electron chi connectivity index (χ2n) is 3.09. The molecule has 6 heteroatoms. The maximum Gasteiger partial charge on any atom is 0.166 e. The van der Waals surface area contributed by atoms with Gasteiger partial charge in [-0.05, 0) is 18.3 Å². The highest BCUT2D eigenvalue weighted by molar-refractivity contribution is 7.80. The maximum absolute atomic E-state index is 4.93. The van der Waals surface area contributed by atoms with Crippen molar-refractivity contribution in [3.05, 3.63) is 18.0 Å². The Bertz CT molecular complexity index is 272. The molecule has 0 spiro atoms. The van der Waals surface area contributed by atoms with Gasteiger partial charge in [0.15, 0.2) is 5.11 Å². The van der Waals surface area contributed by atoms with Crippen molar-refractivity contribution in [2.24, 2.45) is 0 Å². The first-order chi connectivity index (χ1) is 7.33. The summed E-state index contributed by atoms with van der Waals surface area (Å²) in [6.07, 6.45) is 2.73. The Morgan fingerprint density at radius 2 is 2.33 bits per heavy atom. The van der Waals surface area contributed by atoms with Crippen LogP contribution in [-0.4, -0.2) is 42.0 Å². The molecule has 0 aromatic carbocycles. The Morgan fingerprint density at radius 1 is 1.47 bits per heavy atom. The van der Waals surface area contributed by atoms with Crippen molar-refractivity contribution in [3.63, 3.8) is 0 Å². The number of aromatic nitrogens is 2. The molecule has 0 unspecified atom stereocenters. The fourth-order valence-corrected chi connectivity index (χ4v) is 1.23. The van der Waals surface area contributed by atoms with E-state index in [9.17, 15) is 0 Å². The van der Waals surface area contributed by atoms with Gasteiger partial charge in [-0.25, -0.2) is 0 Å². The number of aromatic amines is 1. The molecule has 0 aliphatic heterocycles. The average molecular weight is 227 g/mol. The SMILES string of the molecule is CNC(=S)NCCNCCc1ccn[nH]1. The van der Waals surface area contributed by atoms with Crippen LogP contribution in [0.15, 0.2) is 12.3 Å². The standard InChI is InChI=1S/C9H17N5S/c1-10-9(15)12-7-6-11-4-2-8-3-5-13-14-8/h3,5,11H,2,4,6-7H2,1H3,(H,13,14)(H2,10,12,15). The van der Waals surface area contributed by atoms with E-state index in [0.29, 0.717) is 5.11 Å². The number of thiocarbonyl (C=S) groups is 1. The van der Waals surface area contributed by atoms with Crippen LogP contribution < -0.4 is 16.0 Å². The van der Waals surface area contributed by atoms with Gasteiger partial charge in [-0.15, -0.1) is 0 Å². The van der Waals surface area contributed by atoms with Crippen LogP contribution in [0, 0.1) is 0 Å². The van der Waals surface area contributed by atoms with Crippen molar-refractivity contribution < 1.29 is 0 Å². The van der Waals surface area contributed by atoms with E-state index in [1.165, 1.54) is 0 Å². The fourth-order valence-electron chi connectivity index (χ4n) is 1.12. The van der Waals surface area contributed by atoms with Gasteiger partial charge in [0.1, 0.15) is 0 Å². The van der Waals surface area contributed by atoms with E-state index in [1.807, 2.05) is 6.07 Å². The van der Waals surface area contributed by atoms with Gasteiger partial charge in [0.25, 0.3) is 0 Å². The lowest BCUT2D eigenvalue weighted by atomic mass is 10.3. The third kappa shape index (κ3) is 5.34. The fraction of sp³-hybridized carbons (Fsp3) is 0.556. The highest BCUT2D eigenvalue weighted by atomic mass is 32.1. The first-order valence-corrected chi connectivity index (χ1v) is 5.38.